The average molecular weight is 342 g/mol. The molecule has 0 radical (unpaired) electrons. The van der Waals surface area contributed by atoms with E-state index in [1.165, 1.54) is 23.5 Å². The Morgan fingerprint density at radius 2 is 1.79 bits per heavy atom. The van der Waals surface area contributed by atoms with Crippen molar-refractivity contribution in [1.82, 2.24) is 4.98 Å². The molecule has 2 aromatic carbocycles. The zero-order valence-electron chi connectivity index (χ0n) is 14.1. The molecule has 0 fully saturated rings. The molecule has 3 rings (SSSR count). The average Bonchev–Trinajstić information content (AvgIpc) is 3.02. The molecular weight excluding hydrogens is 323 g/mol. The number of aryl methyl sites for hydroxylation is 1. The van der Waals surface area contributed by atoms with Crippen LogP contribution in [0.25, 0.3) is 11.3 Å². The van der Waals surface area contributed by atoms with Gasteiger partial charge in [0.15, 0.2) is 5.13 Å². The van der Waals surface area contributed by atoms with E-state index < -0.39 is 0 Å². The summed E-state index contributed by atoms with van der Waals surface area (Å²) >= 11 is 1.53. The van der Waals surface area contributed by atoms with Crippen LogP contribution in [0.4, 0.5) is 15.2 Å². The number of halogens is 1. The third kappa shape index (κ3) is 3.12. The van der Waals surface area contributed by atoms with Crippen LogP contribution in [0, 0.1) is 26.6 Å². The molecule has 0 aliphatic rings. The lowest BCUT2D eigenvalue weighted by atomic mass is 10.0. The third-order valence-electron chi connectivity index (χ3n) is 4.12. The topological polar surface area (TPSA) is 34.1 Å². The molecule has 1 heterocycles. The van der Waals surface area contributed by atoms with Crippen molar-refractivity contribution in [2.75, 3.05) is 12.4 Å². The van der Waals surface area contributed by atoms with Crippen molar-refractivity contribution < 1.29 is 9.13 Å². The molecule has 0 saturated heterocycles. The fourth-order valence-corrected chi connectivity index (χ4v) is 3.43. The van der Waals surface area contributed by atoms with E-state index in [1.807, 2.05) is 12.3 Å². The van der Waals surface area contributed by atoms with Gasteiger partial charge in [0, 0.05) is 16.6 Å². The number of aromatic nitrogens is 1. The van der Waals surface area contributed by atoms with Crippen LogP contribution in [0.15, 0.2) is 35.7 Å². The molecule has 0 spiro atoms. The van der Waals surface area contributed by atoms with E-state index in [9.17, 15) is 4.39 Å². The fraction of sp³-hybridized carbons (Fsp3) is 0.211. The van der Waals surface area contributed by atoms with Crippen LogP contribution in [-0.4, -0.2) is 12.1 Å². The van der Waals surface area contributed by atoms with Gasteiger partial charge in [0.1, 0.15) is 11.6 Å². The molecule has 0 aliphatic heterocycles. The Morgan fingerprint density at radius 3 is 2.46 bits per heavy atom. The van der Waals surface area contributed by atoms with Crippen molar-refractivity contribution in [3.63, 3.8) is 0 Å². The summed E-state index contributed by atoms with van der Waals surface area (Å²) in [5.74, 6) is 0.677. The second-order valence-corrected chi connectivity index (χ2v) is 6.55. The molecule has 0 unspecified atom stereocenters. The summed E-state index contributed by atoms with van der Waals surface area (Å²) in [4.78, 5) is 4.60. The van der Waals surface area contributed by atoms with Crippen LogP contribution < -0.4 is 10.1 Å². The van der Waals surface area contributed by atoms with Gasteiger partial charge in [-0.3, -0.25) is 0 Å². The number of nitrogens with zero attached hydrogens (tertiary/aromatic N) is 1. The first kappa shape index (κ1) is 16.5. The maximum absolute atomic E-state index is 13.0. The summed E-state index contributed by atoms with van der Waals surface area (Å²) in [6.07, 6.45) is 0. The first-order valence-electron chi connectivity index (χ1n) is 7.63. The van der Waals surface area contributed by atoms with Gasteiger partial charge in [-0.1, -0.05) is 0 Å². The molecule has 5 heteroatoms. The molecular formula is C19H19FN2OS. The van der Waals surface area contributed by atoms with Crippen molar-refractivity contribution in [3.8, 4) is 17.0 Å². The summed E-state index contributed by atoms with van der Waals surface area (Å²) in [5.41, 5.74) is 6.09. The summed E-state index contributed by atoms with van der Waals surface area (Å²) in [6.45, 7) is 6.15. The second kappa shape index (κ2) is 6.61. The van der Waals surface area contributed by atoms with Crippen LogP contribution in [0.2, 0.25) is 0 Å². The monoisotopic (exact) mass is 342 g/mol. The van der Waals surface area contributed by atoms with Crippen molar-refractivity contribution >= 4 is 22.2 Å². The van der Waals surface area contributed by atoms with Crippen molar-refractivity contribution in [2.45, 2.75) is 20.8 Å². The number of benzene rings is 2. The highest BCUT2D eigenvalue weighted by atomic mass is 32.1. The molecule has 0 aliphatic carbocycles. The Kier molecular flexibility index (Phi) is 4.53. The Hall–Kier alpha value is -2.40. The van der Waals surface area contributed by atoms with Gasteiger partial charge in [0.05, 0.1) is 12.8 Å². The molecule has 3 nitrogen and oxygen atoms in total. The van der Waals surface area contributed by atoms with E-state index in [0.29, 0.717) is 0 Å². The van der Waals surface area contributed by atoms with Crippen LogP contribution >= 0.6 is 11.3 Å². The Labute approximate surface area is 145 Å². The summed E-state index contributed by atoms with van der Waals surface area (Å²) in [7, 11) is 1.69. The quantitative estimate of drug-likeness (QED) is 0.667. The number of hydrogen-bond acceptors (Lipinski definition) is 4. The molecule has 0 saturated carbocycles. The smallest absolute Gasteiger partial charge is 0.187 e. The number of nitrogens with one attached hydrogen (secondary N) is 1. The number of hydrogen-bond donors (Lipinski definition) is 1. The van der Waals surface area contributed by atoms with E-state index in [-0.39, 0.29) is 5.82 Å². The van der Waals surface area contributed by atoms with E-state index in [1.54, 1.807) is 19.2 Å². The molecule has 0 atom stereocenters. The van der Waals surface area contributed by atoms with E-state index in [4.69, 9.17) is 4.74 Å². The largest absolute Gasteiger partial charge is 0.496 e. The zero-order chi connectivity index (χ0) is 17.3. The van der Waals surface area contributed by atoms with Gasteiger partial charge in [-0.25, -0.2) is 9.37 Å². The number of thiazole rings is 1. The number of rotatable bonds is 4. The molecule has 1 aromatic heterocycles. The molecule has 0 amide bonds. The van der Waals surface area contributed by atoms with Crippen LogP contribution in [-0.2, 0) is 0 Å². The van der Waals surface area contributed by atoms with Crippen LogP contribution in [0.5, 0.6) is 5.75 Å². The molecule has 124 valence electrons. The minimum atomic E-state index is -0.243. The Morgan fingerprint density at radius 1 is 1.08 bits per heavy atom. The number of methoxy groups -OCH3 is 1. The van der Waals surface area contributed by atoms with Gasteiger partial charge in [-0.2, -0.15) is 0 Å². The predicted octanol–water partition coefficient (Wildman–Crippen LogP) is 5.63. The lowest BCUT2D eigenvalue weighted by molar-refractivity contribution is 0.408. The highest BCUT2D eigenvalue weighted by Crippen LogP contribution is 2.34. The molecule has 0 bridgehead atoms. The summed E-state index contributed by atoms with van der Waals surface area (Å²) in [5, 5.41) is 6.16. The minimum Gasteiger partial charge on any atom is -0.496 e. The first-order chi connectivity index (χ1) is 11.5. The molecule has 3 aromatic rings. The van der Waals surface area contributed by atoms with Gasteiger partial charge in [-0.15, -0.1) is 11.3 Å². The maximum atomic E-state index is 13.0. The van der Waals surface area contributed by atoms with Crippen LogP contribution in [0.3, 0.4) is 0 Å². The van der Waals surface area contributed by atoms with E-state index >= 15 is 0 Å². The fourth-order valence-electron chi connectivity index (χ4n) is 2.70. The molecule has 24 heavy (non-hydrogen) atoms. The van der Waals surface area contributed by atoms with Crippen LogP contribution in [0.1, 0.15) is 16.7 Å². The minimum absolute atomic E-state index is 0.243. The second-order valence-electron chi connectivity index (χ2n) is 5.69. The normalized spacial score (nSPS) is 10.7. The Bertz CT molecular complexity index is 872. The van der Waals surface area contributed by atoms with E-state index in [0.717, 1.165) is 44.5 Å². The SMILES string of the molecule is COc1c(C)cc(Nc2nc(-c3ccc(F)cc3)cs2)c(C)c1C. The van der Waals surface area contributed by atoms with Crippen molar-refractivity contribution in [1.29, 1.82) is 0 Å². The molecule has 1 N–H and O–H groups in total. The maximum Gasteiger partial charge on any atom is 0.187 e. The van der Waals surface area contributed by atoms with E-state index in [2.05, 4.69) is 30.2 Å². The van der Waals surface area contributed by atoms with Gasteiger partial charge >= 0.3 is 0 Å². The predicted molar refractivity (Wildman–Crippen MR) is 98.0 cm³/mol. The first-order valence-corrected chi connectivity index (χ1v) is 8.51. The zero-order valence-corrected chi connectivity index (χ0v) is 14.9. The van der Waals surface area contributed by atoms with Gasteiger partial charge in [-0.05, 0) is 67.8 Å². The number of anilines is 2. The van der Waals surface area contributed by atoms with Crippen molar-refractivity contribution in [2.24, 2.45) is 0 Å². The third-order valence-corrected chi connectivity index (χ3v) is 4.87. The lowest BCUT2D eigenvalue weighted by Crippen LogP contribution is -1.99. The van der Waals surface area contributed by atoms with Gasteiger partial charge in [0.2, 0.25) is 0 Å². The Balaban J connectivity index is 1.89. The summed E-state index contributed by atoms with van der Waals surface area (Å²) in [6, 6.07) is 8.44. The van der Waals surface area contributed by atoms with Gasteiger partial charge in [0.25, 0.3) is 0 Å². The lowest BCUT2D eigenvalue weighted by Gasteiger charge is -2.15. The van der Waals surface area contributed by atoms with Gasteiger partial charge < -0.3 is 10.1 Å². The number of ether oxygens (including phenoxy) is 1. The summed E-state index contributed by atoms with van der Waals surface area (Å²) < 4.78 is 18.5. The highest BCUT2D eigenvalue weighted by molar-refractivity contribution is 7.14. The highest BCUT2D eigenvalue weighted by Gasteiger charge is 2.12. The standard InChI is InChI=1S/C19H19FN2OS/c1-11-9-16(12(2)13(3)18(11)23-4)21-19-22-17(10-24-19)14-5-7-15(20)8-6-14/h5-10H,1-4H3,(H,21,22). The van der Waals surface area contributed by atoms with Crippen molar-refractivity contribution in [3.05, 3.63) is 58.2 Å².